The Kier molecular flexibility index (Phi) is 28.1. The molecule has 336 valence electrons. The quantitative estimate of drug-likeness (QED) is 0.0617. The highest BCUT2D eigenvalue weighted by Crippen LogP contribution is 2.40. The zero-order valence-electron chi connectivity index (χ0n) is 37.2. The number of aromatic nitrogens is 2. The van der Waals surface area contributed by atoms with E-state index >= 15 is 0 Å². The van der Waals surface area contributed by atoms with Crippen molar-refractivity contribution in [2.75, 3.05) is 13.2 Å². The van der Waals surface area contributed by atoms with E-state index in [9.17, 15) is 20.1 Å². The number of rotatable bonds is 29. The number of nitrogens with one attached hydrogen (secondary N) is 1. The number of hydrogen-bond donors (Lipinski definition) is 1. The van der Waals surface area contributed by atoms with E-state index in [1.807, 2.05) is 64.3 Å². The third kappa shape index (κ3) is 19.0. The average molecular weight is 976 g/mol. The van der Waals surface area contributed by atoms with Gasteiger partial charge in [0.25, 0.3) is 0 Å². The number of benzene rings is 1. The van der Waals surface area contributed by atoms with E-state index in [2.05, 4.69) is 31.3 Å². The van der Waals surface area contributed by atoms with Crippen LogP contribution in [0.15, 0.2) is 102 Å². The SMILES string of the molecule is CCCCCCCCCCCCOC(=O)C1=C(C[n+]2ccc(C#N)cc2)NC(C[n+]2ccc(C#N)cc2)=C(C(=O)OCCCCCCCCCCCC)C1c1ccccc1.[Br-].[Br-]. The van der Waals surface area contributed by atoms with Gasteiger partial charge in [0.15, 0.2) is 37.9 Å². The Hall–Kier alpha value is -4.32. The number of unbranched alkanes of at least 4 members (excludes halogenated alkanes) is 18. The maximum Gasteiger partial charge on any atom is 0.337 e. The van der Waals surface area contributed by atoms with Crippen LogP contribution in [0.1, 0.15) is 165 Å². The minimum absolute atomic E-state index is 0. The number of allylic oxidation sites excluding steroid dienone is 2. The van der Waals surface area contributed by atoms with Crippen molar-refractivity contribution in [1.82, 2.24) is 5.32 Å². The summed E-state index contributed by atoms with van der Waals surface area (Å²) in [6.45, 7) is 5.58. The Bertz CT molecular complexity index is 1770. The van der Waals surface area contributed by atoms with E-state index < -0.39 is 17.9 Å². The van der Waals surface area contributed by atoms with Crippen LogP contribution in [0.3, 0.4) is 0 Å². The zero-order chi connectivity index (χ0) is 42.6. The largest absolute Gasteiger partial charge is 1.00 e. The lowest BCUT2D eigenvalue weighted by atomic mass is 9.80. The van der Waals surface area contributed by atoms with Crippen LogP contribution in [0, 0.1) is 22.7 Å². The Balaban J connectivity index is 0.00000661. The van der Waals surface area contributed by atoms with Crippen LogP contribution < -0.4 is 48.4 Å². The number of dihydropyridines is 1. The van der Waals surface area contributed by atoms with Gasteiger partial charge in [0.2, 0.25) is 0 Å². The molecule has 9 nitrogen and oxygen atoms in total. The van der Waals surface area contributed by atoms with Crippen molar-refractivity contribution in [3.63, 3.8) is 0 Å². The van der Waals surface area contributed by atoms with Gasteiger partial charge >= 0.3 is 11.9 Å². The molecule has 2 aromatic heterocycles. The van der Waals surface area contributed by atoms with Gasteiger partial charge in [0.05, 0.1) is 64.9 Å². The van der Waals surface area contributed by atoms with E-state index in [0.29, 0.717) is 33.7 Å². The van der Waals surface area contributed by atoms with Crippen molar-refractivity contribution in [3.8, 4) is 12.1 Å². The summed E-state index contributed by atoms with van der Waals surface area (Å²) in [4.78, 5) is 29.0. The summed E-state index contributed by atoms with van der Waals surface area (Å²) in [6.07, 6.45) is 30.8. The molecule has 0 amide bonds. The van der Waals surface area contributed by atoms with Crippen LogP contribution in [0.4, 0.5) is 0 Å². The van der Waals surface area contributed by atoms with E-state index in [4.69, 9.17) is 9.47 Å². The number of ether oxygens (including phenoxy) is 2. The minimum Gasteiger partial charge on any atom is -1.00 e. The molecule has 4 rings (SSSR count). The fourth-order valence-corrected chi connectivity index (χ4v) is 7.82. The first-order valence-electron chi connectivity index (χ1n) is 22.9. The molecule has 11 heteroatoms. The van der Waals surface area contributed by atoms with Gasteiger partial charge in [-0.05, 0) is 18.4 Å². The summed E-state index contributed by atoms with van der Waals surface area (Å²) in [5, 5.41) is 22.5. The van der Waals surface area contributed by atoms with Gasteiger partial charge < -0.3 is 48.8 Å². The molecule has 0 saturated carbocycles. The van der Waals surface area contributed by atoms with Crippen LogP contribution in [0.5, 0.6) is 0 Å². The molecule has 0 aliphatic carbocycles. The van der Waals surface area contributed by atoms with E-state index in [-0.39, 0.29) is 60.3 Å². The molecular weight excluding hydrogens is 906 g/mol. The summed E-state index contributed by atoms with van der Waals surface area (Å²) >= 11 is 0. The van der Waals surface area contributed by atoms with Gasteiger partial charge in [-0.2, -0.15) is 19.7 Å². The molecule has 0 saturated heterocycles. The minimum atomic E-state index is -0.768. The molecule has 0 atom stereocenters. The second-order valence-corrected chi connectivity index (χ2v) is 16.1. The van der Waals surface area contributed by atoms with Gasteiger partial charge in [0, 0.05) is 24.3 Å². The molecule has 1 N–H and O–H groups in total. The second-order valence-electron chi connectivity index (χ2n) is 16.1. The number of carbonyl (C=O) groups is 2. The molecule has 1 aromatic carbocycles. The maximum absolute atomic E-state index is 14.5. The molecule has 1 aliphatic rings. The standard InChI is InChI=1S/C51H68N5O4.2BrH/c1-3-5-7-9-11-13-15-17-19-24-36-59-50(57)48-45(40-55-32-28-42(38-52)29-33-55)54-46(41-56-34-30-43(39-53)31-35-56)49(47(48)44-26-22-21-23-27-44)51(58)60-37-25-20-18-16-14-12-10-8-6-4-2;;/h21-23,26-35,47H,3-20,24-25,36-37,40-41H2,1-2H3;2*1H/q+1;;/p-1. The normalized spacial score (nSPS) is 12.4. The number of halogens is 2. The summed E-state index contributed by atoms with van der Waals surface area (Å²) < 4.78 is 16.0. The third-order valence-corrected chi connectivity index (χ3v) is 11.3. The molecule has 0 spiro atoms. The van der Waals surface area contributed by atoms with Gasteiger partial charge in [0.1, 0.15) is 0 Å². The lowest BCUT2D eigenvalue weighted by molar-refractivity contribution is -0.692. The van der Waals surface area contributed by atoms with Gasteiger partial charge in [-0.3, -0.25) is 0 Å². The van der Waals surface area contributed by atoms with Crippen molar-refractivity contribution in [2.45, 2.75) is 161 Å². The maximum atomic E-state index is 14.5. The summed E-state index contributed by atoms with van der Waals surface area (Å²) in [5.41, 5.74) is 3.76. The first kappa shape index (κ1) is 53.8. The Labute approximate surface area is 393 Å². The van der Waals surface area contributed by atoms with Crippen molar-refractivity contribution in [3.05, 3.63) is 119 Å². The molecule has 62 heavy (non-hydrogen) atoms. The number of esters is 2. The first-order chi connectivity index (χ1) is 29.5. The highest BCUT2D eigenvalue weighted by atomic mass is 79.9. The predicted molar refractivity (Wildman–Crippen MR) is 235 cm³/mol. The highest BCUT2D eigenvalue weighted by Gasteiger charge is 2.42. The topological polar surface area (TPSA) is 120 Å². The Morgan fingerprint density at radius 2 is 0.871 bits per heavy atom. The van der Waals surface area contributed by atoms with Crippen molar-refractivity contribution in [2.24, 2.45) is 0 Å². The second kappa shape index (κ2) is 32.4. The first-order valence-corrected chi connectivity index (χ1v) is 22.9. The molecule has 0 radical (unpaired) electrons. The lowest BCUT2D eigenvalue weighted by Crippen LogP contribution is -3.00. The molecule has 0 unspecified atom stereocenters. The Morgan fingerprint density at radius 3 is 1.21 bits per heavy atom. The van der Waals surface area contributed by atoms with Gasteiger partial charge in [-0.25, -0.2) is 9.59 Å². The fraction of sp³-hybridized carbons (Fsp3) is 0.529. The van der Waals surface area contributed by atoms with Crippen LogP contribution in [0.2, 0.25) is 0 Å². The van der Waals surface area contributed by atoms with E-state index in [1.54, 1.807) is 24.3 Å². The molecule has 0 fully saturated rings. The van der Waals surface area contributed by atoms with E-state index in [1.165, 1.54) is 89.9 Å². The van der Waals surface area contributed by atoms with Crippen LogP contribution in [-0.4, -0.2) is 25.2 Å². The van der Waals surface area contributed by atoms with Crippen molar-refractivity contribution < 1.29 is 62.2 Å². The summed E-state index contributed by atoms with van der Waals surface area (Å²) in [5.74, 6) is -1.71. The van der Waals surface area contributed by atoms with E-state index in [0.717, 1.165) is 44.1 Å². The monoisotopic (exact) mass is 973 g/mol. The molecule has 3 heterocycles. The zero-order valence-corrected chi connectivity index (χ0v) is 40.4. The number of hydrogen-bond acceptors (Lipinski definition) is 7. The van der Waals surface area contributed by atoms with Crippen LogP contribution in [0.25, 0.3) is 0 Å². The fourth-order valence-electron chi connectivity index (χ4n) is 7.82. The number of nitrogens with zero attached hydrogens (tertiary/aromatic N) is 4. The van der Waals surface area contributed by atoms with Crippen molar-refractivity contribution in [1.29, 1.82) is 10.5 Å². The highest BCUT2D eigenvalue weighted by molar-refractivity contribution is 6.00. The molecule has 1 aliphatic heterocycles. The summed E-state index contributed by atoms with van der Waals surface area (Å²) in [7, 11) is 0. The lowest BCUT2D eigenvalue weighted by Gasteiger charge is -2.31. The molecular formula is C51H69Br2N5O4. The number of pyridine rings is 2. The van der Waals surface area contributed by atoms with Gasteiger partial charge in [-0.15, -0.1) is 0 Å². The van der Waals surface area contributed by atoms with Crippen LogP contribution in [-0.2, 0) is 32.2 Å². The molecule has 3 aromatic rings. The summed E-state index contributed by atoms with van der Waals surface area (Å²) in [6, 6.07) is 20.9. The Morgan fingerprint density at radius 1 is 0.532 bits per heavy atom. The molecule has 0 bridgehead atoms. The number of nitriles is 2. The van der Waals surface area contributed by atoms with Crippen LogP contribution >= 0.6 is 0 Å². The third-order valence-electron chi connectivity index (χ3n) is 11.3. The smallest absolute Gasteiger partial charge is 0.337 e. The van der Waals surface area contributed by atoms with Gasteiger partial charge in [-0.1, -0.05) is 160 Å². The van der Waals surface area contributed by atoms with Crippen molar-refractivity contribution >= 4 is 11.9 Å². The predicted octanol–water partition coefficient (Wildman–Crippen LogP) is 4.54. The average Bonchev–Trinajstić information content (AvgIpc) is 3.27. The number of carbonyl (C=O) groups excluding carboxylic acids is 2.